The van der Waals surface area contributed by atoms with Crippen molar-refractivity contribution in [3.05, 3.63) is 0 Å². The van der Waals surface area contributed by atoms with Crippen LogP contribution in [-0.2, 0) is 9.59 Å². The van der Waals surface area contributed by atoms with E-state index in [2.05, 4.69) is 13.8 Å². The Bertz CT molecular complexity index is 583. The second kappa shape index (κ2) is 32.2. The van der Waals surface area contributed by atoms with Gasteiger partial charge in [0.1, 0.15) is 17.5 Å². The van der Waals surface area contributed by atoms with Gasteiger partial charge in [0.05, 0.1) is 0 Å². The van der Waals surface area contributed by atoms with Crippen LogP contribution in [-0.4, -0.2) is 27.6 Å². The molecule has 0 aliphatic carbocycles. The zero-order valence-electron chi connectivity index (χ0n) is 30.1. The van der Waals surface area contributed by atoms with Crippen LogP contribution < -0.4 is 0 Å². The fourth-order valence-corrected chi connectivity index (χ4v) is 6.53. The maximum Gasteiger partial charge on any atom is 0.179 e. The summed E-state index contributed by atoms with van der Waals surface area (Å²) in [5.74, 6) is -4.07. The Morgan fingerprint density at radius 1 is 0.386 bits per heavy atom. The van der Waals surface area contributed by atoms with Gasteiger partial charge in [-0.2, -0.15) is 0 Å². The van der Waals surface area contributed by atoms with Crippen LogP contribution in [0.1, 0.15) is 233 Å². The highest BCUT2D eigenvalue weighted by atomic mass is 16.5. The molecular weight excluding hydrogens is 544 g/mol. The first kappa shape index (κ1) is 43.3. The zero-order valence-corrected chi connectivity index (χ0v) is 30.1. The maximum absolute atomic E-state index is 12.9. The molecule has 0 rings (SSSR count). The number of aliphatic hydroxyl groups is 2. The molecule has 0 spiro atoms. The van der Waals surface area contributed by atoms with Crippen molar-refractivity contribution in [3.8, 4) is 0 Å². The summed E-state index contributed by atoms with van der Waals surface area (Å²) < 4.78 is 0. The Kier molecular flexibility index (Phi) is 31.7. The van der Waals surface area contributed by atoms with E-state index in [-0.39, 0.29) is 30.8 Å². The largest absolute Gasteiger partial charge is 0.365 e. The van der Waals surface area contributed by atoms with Gasteiger partial charge in [-0.05, 0) is 19.3 Å². The fraction of sp³-hybridized carbons (Fsp3) is 0.950. The van der Waals surface area contributed by atoms with Gasteiger partial charge in [0.2, 0.25) is 0 Å². The molecule has 0 aliphatic heterocycles. The lowest BCUT2D eigenvalue weighted by molar-refractivity contribution is -0.202. The van der Waals surface area contributed by atoms with Crippen molar-refractivity contribution in [1.82, 2.24) is 0 Å². The molecule has 0 saturated heterocycles. The summed E-state index contributed by atoms with van der Waals surface area (Å²) in [5, 5.41) is 21.0. The standard InChI is InChI=1S/C40H78O4/c1-4-7-9-11-13-15-17-19-21-23-25-27-29-31-33-35-37(41)39(40(43,44)6-3)38(42)36-34-32-30-28-26-24-22-20-18-16-14-12-10-8-5-2/h39,43-44H,4-36H2,1-3H3. The van der Waals surface area contributed by atoms with Crippen LogP contribution in [0.15, 0.2) is 0 Å². The average Bonchev–Trinajstić information content (AvgIpc) is 3.01. The smallest absolute Gasteiger partial charge is 0.179 e. The Morgan fingerprint density at radius 2 is 0.591 bits per heavy atom. The first-order valence-electron chi connectivity index (χ1n) is 19.9. The van der Waals surface area contributed by atoms with Crippen LogP contribution in [0.25, 0.3) is 0 Å². The van der Waals surface area contributed by atoms with E-state index in [0.29, 0.717) is 0 Å². The molecule has 0 fully saturated rings. The molecule has 0 unspecified atom stereocenters. The summed E-state index contributed by atoms with van der Waals surface area (Å²) in [6.07, 6.45) is 38.5. The Balaban J connectivity index is 3.90. The maximum atomic E-state index is 12.9. The molecule has 0 amide bonds. The van der Waals surface area contributed by atoms with Crippen molar-refractivity contribution in [1.29, 1.82) is 0 Å². The van der Waals surface area contributed by atoms with Crippen molar-refractivity contribution in [2.24, 2.45) is 5.92 Å². The molecule has 44 heavy (non-hydrogen) atoms. The molecule has 2 N–H and O–H groups in total. The number of ketones is 2. The summed E-state index contributed by atoms with van der Waals surface area (Å²) in [5.41, 5.74) is 0. The van der Waals surface area contributed by atoms with Crippen LogP contribution in [0.4, 0.5) is 0 Å². The molecule has 0 aromatic rings. The van der Waals surface area contributed by atoms with Gasteiger partial charge in [0.25, 0.3) is 0 Å². The molecule has 4 heteroatoms. The molecule has 0 atom stereocenters. The summed E-state index contributed by atoms with van der Waals surface area (Å²) in [7, 11) is 0. The predicted octanol–water partition coefficient (Wildman–Crippen LogP) is 12.4. The minimum absolute atomic E-state index is 0.00708. The number of carbonyl (C=O) groups excluding carboxylic acids is 2. The van der Waals surface area contributed by atoms with Gasteiger partial charge in [-0.15, -0.1) is 0 Å². The van der Waals surface area contributed by atoms with Gasteiger partial charge >= 0.3 is 0 Å². The van der Waals surface area contributed by atoms with Gasteiger partial charge in [-0.25, -0.2) is 0 Å². The zero-order chi connectivity index (χ0) is 32.6. The highest BCUT2D eigenvalue weighted by molar-refractivity contribution is 6.03. The number of hydrogen-bond acceptors (Lipinski definition) is 4. The van der Waals surface area contributed by atoms with E-state index in [0.717, 1.165) is 38.5 Å². The van der Waals surface area contributed by atoms with E-state index in [4.69, 9.17) is 0 Å². The highest BCUT2D eigenvalue weighted by Gasteiger charge is 2.42. The Hall–Kier alpha value is -0.740. The van der Waals surface area contributed by atoms with Crippen LogP contribution in [0.2, 0.25) is 0 Å². The Labute approximate surface area is 275 Å². The number of hydrogen-bond donors (Lipinski definition) is 2. The average molecular weight is 623 g/mol. The monoisotopic (exact) mass is 623 g/mol. The quantitative estimate of drug-likeness (QED) is 0.0414. The second-order valence-electron chi connectivity index (χ2n) is 14.0. The molecule has 0 aromatic heterocycles. The van der Waals surface area contributed by atoms with Crippen molar-refractivity contribution in [3.63, 3.8) is 0 Å². The first-order valence-corrected chi connectivity index (χ1v) is 19.9. The third-order valence-corrected chi connectivity index (χ3v) is 9.68. The lowest BCUT2D eigenvalue weighted by Gasteiger charge is -2.28. The third kappa shape index (κ3) is 26.5. The number of carbonyl (C=O) groups is 2. The SMILES string of the molecule is CCCCCCCCCCCCCCCCCC(=O)C(C(=O)CCCCCCCCCCCCCCCCC)C(O)(O)CC. The predicted molar refractivity (Wildman–Crippen MR) is 190 cm³/mol. The van der Waals surface area contributed by atoms with Gasteiger partial charge in [0, 0.05) is 12.8 Å². The summed E-state index contributed by atoms with van der Waals surface area (Å²) in [6.45, 7) is 6.17. The van der Waals surface area contributed by atoms with Gasteiger partial charge < -0.3 is 10.2 Å². The van der Waals surface area contributed by atoms with Crippen molar-refractivity contribution in [2.45, 2.75) is 238 Å². The summed E-state index contributed by atoms with van der Waals surface area (Å²) >= 11 is 0. The highest BCUT2D eigenvalue weighted by Crippen LogP contribution is 2.26. The Morgan fingerprint density at radius 3 is 0.795 bits per heavy atom. The normalized spacial score (nSPS) is 12.0. The van der Waals surface area contributed by atoms with Crippen LogP contribution in [0, 0.1) is 5.92 Å². The molecule has 0 heterocycles. The minimum Gasteiger partial charge on any atom is -0.365 e. The first-order chi connectivity index (χ1) is 21.4. The lowest BCUT2D eigenvalue weighted by Crippen LogP contribution is -2.46. The molecule has 0 bridgehead atoms. The van der Waals surface area contributed by atoms with E-state index in [1.54, 1.807) is 6.92 Å². The lowest BCUT2D eigenvalue weighted by atomic mass is 9.83. The topological polar surface area (TPSA) is 74.6 Å². The fourth-order valence-electron chi connectivity index (χ4n) is 6.53. The van der Waals surface area contributed by atoms with E-state index in [1.807, 2.05) is 0 Å². The van der Waals surface area contributed by atoms with Crippen LogP contribution >= 0.6 is 0 Å². The van der Waals surface area contributed by atoms with Crippen molar-refractivity contribution < 1.29 is 19.8 Å². The van der Waals surface area contributed by atoms with Gasteiger partial charge in [-0.1, -0.05) is 201 Å². The molecule has 0 saturated carbocycles. The summed E-state index contributed by atoms with van der Waals surface area (Å²) in [4.78, 5) is 25.9. The van der Waals surface area contributed by atoms with Crippen molar-refractivity contribution in [2.75, 3.05) is 0 Å². The van der Waals surface area contributed by atoms with Crippen LogP contribution in [0.3, 0.4) is 0 Å². The van der Waals surface area contributed by atoms with Crippen LogP contribution in [0.5, 0.6) is 0 Å². The molecule has 0 aromatic carbocycles. The van der Waals surface area contributed by atoms with E-state index >= 15 is 0 Å². The molecular formula is C40H78O4. The molecule has 4 nitrogen and oxygen atoms in total. The molecule has 262 valence electrons. The number of unbranched alkanes of at least 4 members (excludes halogenated alkanes) is 28. The third-order valence-electron chi connectivity index (χ3n) is 9.68. The van der Waals surface area contributed by atoms with E-state index in [1.165, 1.54) is 154 Å². The van der Waals surface area contributed by atoms with Crippen molar-refractivity contribution >= 4 is 11.6 Å². The number of rotatable bonds is 36. The molecule has 0 radical (unpaired) electrons. The molecule has 0 aliphatic rings. The van der Waals surface area contributed by atoms with Gasteiger partial charge in [-0.3, -0.25) is 9.59 Å². The minimum atomic E-state index is -2.22. The van der Waals surface area contributed by atoms with E-state index < -0.39 is 11.7 Å². The summed E-state index contributed by atoms with van der Waals surface area (Å²) in [6, 6.07) is 0. The van der Waals surface area contributed by atoms with E-state index in [9.17, 15) is 19.8 Å². The second-order valence-corrected chi connectivity index (χ2v) is 14.0. The van der Waals surface area contributed by atoms with Gasteiger partial charge in [0.15, 0.2) is 5.79 Å². The number of Topliss-reactive ketones (excluding diaryl/α,β-unsaturated/α-hetero) is 2.